The third-order valence-corrected chi connectivity index (χ3v) is 4.22. The second-order valence-electron chi connectivity index (χ2n) is 5.43. The lowest BCUT2D eigenvalue weighted by atomic mass is 9.74. The zero-order valence-electron chi connectivity index (χ0n) is 12.8. The molecule has 0 saturated carbocycles. The highest BCUT2D eigenvalue weighted by atomic mass is 16.5. The van der Waals surface area contributed by atoms with E-state index < -0.39 is 11.4 Å². The van der Waals surface area contributed by atoms with Crippen LogP contribution < -0.4 is 9.47 Å². The summed E-state index contributed by atoms with van der Waals surface area (Å²) in [5.74, 6) is 0.390. The molecule has 1 N–H and O–H groups in total. The van der Waals surface area contributed by atoms with Crippen LogP contribution in [0.1, 0.15) is 18.4 Å². The fourth-order valence-electron chi connectivity index (χ4n) is 2.88. The number of nitrogens with zero attached hydrogens (tertiary/aromatic N) is 2. The number of carbonyl (C=O) groups is 1. The van der Waals surface area contributed by atoms with Crippen molar-refractivity contribution >= 4 is 5.97 Å². The van der Waals surface area contributed by atoms with Gasteiger partial charge in [-0.1, -0.05) is 6.07 Å². The van der Waals surface area contributed by atoms with Gasteiger partial charge in [0.15, 0.2) is 11.5 Å². The van der Waals surface area contributed by atoms with E-state index in [-0.39, 0.29) is 6.54 Å². The van der Waals surface area contributed by atoms with E-state index in [4.69, 9.17) is 14.6 Å². The Morgan fingerprint density at radius 3 is 2.45 bits per heavy atom. The number of ether oxygens (including phenoxy) is 2. The second-order valence-corrected chi connectivity index (χ2v) is 5.43. The number of nitriles is 1. The lowest BCUT2D eigenvalue weighted by molar-refractivity contribution is -0.138. The van der Waals surface area contributed by atoms with Crippen molar-refractivity contribution in [2.24, 2.45) is 0 Å². The lowest BCUT2D eigenvalue weighted by Gasteiger charge is -2.37. The maximum absolute atomic E-state index is 10.8. The third-order valence-electron chi connectivity index (χ3n) is 4.22. The zero-order chi connectivity index (χ0) is 16.2. The number of carboxylic acid groups (broad SMARTS) is 1. The minimum Gasteiger partial charge on any atom is -0.493 e. The maximum Gasteiger partial charge on any atom is 0.317 e. The van der Waals surface area contributed by atoms with Gasteiger partial charge in [0, 0.05) is 13.1 Å². The summed E-state index contributed by atoms with van der Waals surface area (Å²) in [7, 11) is 3.14. The minimum atomic E-state index is -0.837. The number of benzene rings is 1. The van der Waals surface area contributed by atoms with Crippen LogP contribution in [0.2, 0.25) is 0 Å². The number of aliphatic carboxylic acids is 1. The predicted molar refractivity (Wildman–Crippen MR) is 80.1 cm³/mol. The molecule has 22 heavy (non-hydrogen) atoms. The first kappa shape index (κ1) is 16.1. The van der Waals surface area contributed by atoms with Crippen LogP contribution in [0.25, 0.3) is 0 Å². The van der Waals surface area contributed by atoms with Gasteiger partial charge in [0.05, 0.1) is 32.2 Å². The van der Waals surface area contributed by atoms with Crippen LogP contribution in [0.5, 0.6) is 11.5 Å². The van der Waals surface area contributed by atoms with E-state index in [0.29, 0.717) is 37.4 Å². The summed E-state index contributed by atoms with van der Waals surface area (Å²) >= 11 is 0. The number of hydrogen-bond donors (Lipinski definition) is 1. The standard InChI is InChI=1S/C16H20N2O4/c1-21-13-4-3-12(9-14(13)22-2)16(11-17)5-7-18(8-6-16)10-15(19)20/h3-4,9H,5-8,10H2,1-2H3,(H,19,20). The zero-order valence-corrected chi connectivity index (χ0v) is 12.8. The molecule has 0 atom stereocenters. The van der Waals surface area contributed by atoms with Gasteiger partial charge in [0.1, 0.15) is 0 Å². The van der Waals surface area contributed by atoms with E-state index >= 15 is 0 Å². The van der Waals surface area contributed by atoms with Crippen molar-refractivity contribution in [1.82, 2.24) is 4.90 Å². The first-order valence-corrected chi connectivity index (χ1v) is 7.12. The van der Waals surface area contributed by atoms with Gasteiger partial charge in [-0.15, -0.1) is 0 Å². The Balaban J connectivity index is 2.22. The quantitative estimate of drug-likeness (QED) is 0.890. The highest BCUT2D eigenvalue weighted by molar-refractivity contribution is 5.69. The van der Waals surface area contributed by atoms with Crippen molar-refractivity contribution < 1.29 is 19.4 Å². The van der Waals surface area contributed by atoms with Gasteiger partial charge in [-0.25, -0.2) is 0 Å². The molecule has 0 aliphatic carbocycles. The van der Waals surface area contributed by atoms with Crippen LogP contribution in [-0.4, -0.2) is 49.8 Å². The Labute approximate surface area is 129 Å². The van der Waals surface area contributed by atoms with E-state index in [0.717, 1.165) is 5.56 Å². The molecule has 0 unspecified atom stereocenters. The van der Waals surface area contributed by atoms with Crippen LogP contribution >= 0.6 is 0 Å². The predicted octanol–water partition coefficient (Wildman–Crippen LogP) is 1.65. The summed E-state index contributed by atoms with van der Waals surface area (Å²) < 4.78 is 10.5. The molecule has 1 heterocycles. The molecule has 1 saturated heterocycles. The number of rotatable bonds is 5. The molecule has 0 amide bonds. The van der Waals surface area contributed by atoms with E-state index in [1.807, 2.05) is 17.0 Å². The van der Waals surface area contributed by atoms with Gasteiger partial charge >= 0.3 is 5.97 Å². The monoisotopic (exact) mass is 304 g/mol. The molecule has 1 aliphatic heterocycles. The molecular weight excluding hydrogens is 284 g/mol. The topological polar surface area (TPSA) is 82.8 Å². The molecule has 0 radical (unpaired) electrons. The Bertz CT molecular complexity index is 586. The van der Waals surface area contributed by atoms with E-state index in [1.54, 1.807) is 20.3 Å². The van der Waals surface area contributed by atoms with Gasteiger partial charge in [-0.3, -0.25) is 9.69 Å². The normalized spacial score (nSPS) is 17.5. The van der Waals surface area contributed by atoms with E-state index in [9.17, 15) is 10.1 Å². The number of carboxylic acids is 1. The number of hydrogen-bond acceptors (Lipinski definition) is 5. The molecule has 0 spiro atoms. The van der Waals surface area contributed by atoms with Crippen molar-refractivity contribution in [3.8, 4) is 17.6 Å². The Kier molecular flexibility index (Phi) is 4.88. The van der Waals surface area contributed by atoms with Gasteiger partial charge in [-0.2, -0.15) is 5.26 Å². The molecule has 6 nitrogen and oxygen atoms in total. The van der Waals surface area contributed by atoms with Crippen LogP contribution in [0.15, 0.2) is 18.2 Å². The molecule has 6 heteroatoms. The summed E-state index contributed by atoms with van der Waals surface area (Å²) in [6.45, 7) is 1.20. The van der Waals surface area contributed by atoms with Crippen molar-refractivity contribution in [1.29, 1.82) is 5.26 Å². The molecule has 1 aliphatic rings. The maximum atomic E-state index is 10.8. The smallest absolute Gasteiger partial charge is 0.317 e. The number of methoxy groups -OCH3 is 2. The van der Waals surface area contributed by atoms with Crippen LogP contribution in [-0.2, 0) is 10.2 Å². The fourth-order valence-corrected chi connectivity index (χ4v) is 2.88. The fraction of sp³-hybridized carbons (Fsp3) is 0.500. The van der Waals surface area contributed by atoms with Gasteiger partial charge in [0.2, 0.25) is 0 Å². The second kappa shape index (κ2) is 6.67. The first-order chi connectivity index (χ1) is 10.5. The van der Waals surface area contributed by atoms with E-state index in [1.165, 1.54) is 0 Å². The Morgan fingerprint density at radius 2 is 1.95 bits per heavy atom. The van der Waals surface area contributed by atoms with Gasteiger partial charge < -0.3 is 14.6 Å². The van der Waals surface area contributed by atoms with Crippen molar-refractivity contribution in [2.45, 2.75) is 18.3 Å². The molecule has 0 aromatic heterocycles. The number of piperidine rings is 1. The summed E-state index contributed by atoms with van der Waals surface area (Å²) in [5.41, 5.74) is 0.289. The lowest BCUT2D eigenvalue weighted by Crippen LogP contribution is -2.43. The summed E-state index contributed by atoms with van der Waals surface area (Å²) in [4.78, 5) is 12.6. The van der Waals surface area contributed by atoms with Gasteiger partial charge in [-0.05, 0) is 30.5 Å². The third kappa shape index (κ3) is 3.15. The highest BCUT2D eigenvalue weighted by Crippen LogP contribution is 2.39. The van der Waals surface area contributed by atoms with Crippen LogP contribution in [0, 0.1) is 11.3 Å². The Morgan fingerprint density at radius 1 is 1.32 bits per heavy atom. The van der Waals surface area contributed by atoms with Gasteiger partial charge in [0.25, 0.3) is 0 Å². The minimum absolute atomic E-state index is 0.0213. The molecule has 1 fully saturated rings. The molecule has 1 aromatic carbocycles. The summed E-state index contributed by atoms with van der Waals surface area (Å²) in [6, 6.07) is 7.96. The first-order valence-electron chi connectivity index (χ1n) is 7.12. The summed E-state index contributed by atoms with van der Waals surface area (Å²) in [5, 5.41) is 18.6. The molecular formula is C16H20N2O4. The molecule has 0 bridgehead atoms. The number of likely N-dealkylation sites (tertiary alicyclic amines) is 1. The van der Waals surface area contributed by atoms with Crippen LogP contribution in [0.3, 0.4) is 0 Å². The Hall–Kier alpha value is -2.26. The van der Waals surface area contributed by atoms with Crippen molar-refractivity contribution in [2.75, 3.05) is 33.9 Å². The highest BCUT2D eigenvalue weighted by Gasteiger charge is 2.37. The molecule has 2 rings (SSSR count). The summed E-state index contributed by atoms with van der Waals surface area (Å²) in [6.07, 6.45) is 1.21. The molecule has 118 valence electrons. The van der Waals surface area contributed by atoms with E-state index in [2.05, 4.69) is 6.07 Å². The van der Waals surface area contributed by atoms with Crippen molar-refractivity contribution in [3.05, 3.63) is 23.8 Å². The molecule has 1 aromatic rings. The largest absolute Gasteiger partial charge is 0.493 e. The average Bonchev–Trinajstić information content (AvgIpc) is 2.54. The van der Waals surface area contributed by atoms with Crippen molar-refractivity contribution in [3.63, 3.8) is 0 Å². The SMILES string of the molecule is COc1ccc(C2(C#N)CCN(CC(=O)O)CC2)cc1OC. The van der Waals surface area contributed by atoms with Crippen LogP contribution in [0.4, 0.5) is 0 Å². The average molecular weight is 304 g/mol.